The van der Waals surface area contributed by atoms with E-state index in [2.05, 4.69) is 5.32 Å². The van der Waals surface area contributed by atoms with E-state index in [4.69, 9.17) is 4.74 Å². The molecule has 0 aliphatic rings. The van der Waals surface area contributed by atoms with E-state index in [1.165, 1.54) is 11.9 Å². The van der Waals surface area contributed by atoms with Crippen LogP contribution in [0.5, 0.6) is 0 Å². The molecule has 0 saturated carbocycles. The van der Waals surface area contributed by atoms with Crippen LogP contribution in [0.2, 0.25) is 0 Å². The maximum absolute atomic E-state index is 12.2. The molecule has 2 rings (SSSR count). The zero-order valence-corrected chi connectivity index (χ0v) is 16.7. The van der Waals surface area contributed by atoms with E-state index in [1.807, 2.05) is 57.2 Å². The number of aryl methyl sites for hydroxylation is 3. The first-order chi connectivity index (χ1) is 13.3. The van der Waals surface area contributed by atoms with Crippen molar-refractivity contribution in [2.75, 3.05) is 25.5 Å². The Labute approximate surface area is 165 Å². The molecule has 0 aromatic heterocycles. The third kappa shape index (κ3) is 5.67. The Morgan fingerprint density at radius 2 is 1.79 bits per heavy atom. The molecule has 28 heavy (non-hydrogen) atoms. The molecular formula is C22H26N2O4. The minimum absolute atomic E-state index is 0.127. The van der Waals surface area contributed by atoms with Gasteiger partial charge in [0.25, 0.3) is 5.91 Å². The van der Waals surface area contributed by atoms with Gasteiger partial charge in [-0.3, -0.25) is 9.59 Å². The minimum Gasteiger partial charge on any atom is -0.452 e. The number of amides is 2. The van der Waals surface area contributed by atoms with Gasteiger partial charge in [-0.1, -0.05) is 42.8 Å². The van der Waals surface area contributed by atoms with Crippen molar-refractivity contribution in [1.82, 2.24) is 4.90 Å². The van der Waals surface area contributed by atoms with Crippen molar-refractivity contribution in [3.05, 3.63) is 64.7 Å². The highest BCUT2D eigenvalue weighted by Crippen LogP contribution is 2.15. The number of hydrogen-bond donors (Lipinski definition) is 1. The fraction of sp³-hybridized carbons (Fsp3) is 0.318. The zero-order chi connectivity index (χ0) is 20.7. The summed E-state index contributed by atoms with van der Waals surface area (Å²) in [7, 11) is 1.50. The summed E-state index contributed by atoms with van der Waals surface area (Å²) in [6, 6.07) is 13.0. The van der Waals surface area contributed by atoms with Crippen LogP contribution in [0.1, 0.15) is 34.0 Å². The number of carbonyl (C=O) groups excluding carboxylic acids is 3. The third-order valence-corrected chi connectivity index (χ3v) is 4.42. The fourth-order valence-corrected chi connectivity index (χ4v) is 2.71. The Hall–Kier alpha value is -3.15. The molecule has 0 aliphatic heterocycles. The first kappa shape index (κ1) is 21.2. The van der Waals surface area contributed by atoms with E-state index in [1.54, 1.807) is 6.07 Å². The number of ether oxygens (including phenoxy) is 1. The van der Waals surface area contributed by atoms with Crippen LogP contribution in [0.4, 0.5) is 5.69 Å². The van der Waals surface area contributed by atoms with Crippen LogP contribution in [0.15, 0.2) is 42.5 Å². The number of hydrogen-bond acceptors (Lipinski definition) is 4. The van der Waals surface area contributed by atoms with Gasteiger partial charge in [-0.15, -0.1) is 0 Å². The second kappa shape index (κ2) is 9.69. The van der Waals surface area contributed by atoms with Gasteiger partial charge in [0.1, 0.15) is 0 Å². The topological polar surface area (TPSA) is 75.7 Å². The molecule has 6 nitrogen and oxygen atoms in total. The van der Waals surface area contributed by atoms with Gasteiger partial charge in [0.15, 0.2) is 6.61 Å². The van der Waals surface area contributed by atoms with Crippen LogP contribution < -0.4 is 5.32 Å². The molecule has 2 aromatic carbocycles. The van der Waals surface area contributed by atoms with Gasteiger partial charge in [0.2, 0.25) is 5.91 Å². The predicted octanol–water partition coefficient (Wildman–Crippen LogP) is 3.12. The van der Waals surface area contributed by atoms with Gasteiger partial charge in [-0.25, -0.2) is 4.79 Å². The molecule has 0 aliphatic carbocycles. The maximum atomic E-state index is 12.2. The highest BCUT2D eigenvalue weighted by atomic mass is 16.5. The summed E-state index contributed by atoms with van der Waals surface area (Å²) in [6.07, 6.45) is 0.791. The van der Waals surface area contributed by atoms with Crippen molar-refractivity contribution in [3.8, 4) is 0 Å². The monoisotopic (exact) mass is 382 g/mol. The molecule has 2 aromatic rings. The van der Waals surface area contributed by atoms with Crippen LogP contribution in [0.25, 0.3) is 0 Å². The SMILES string of the molecule is CCc1ccccc1NC(=O)CN(C)C(=O)COC(=O)c1cc(C)ccc1C. The molecular weight excluding hydrogens is 356 g/mol. The first-order valence-electron chi connectivity index (χ1n) is 9.18. The molecule has 0 fully saturated rings. The number of likely N-dealkylation sites (N-methyl/N-ethyl adjacent to an activating group) is 1. The molecule has 2 amide bonds. The lowest BCUT2D eigenvalue weighted by Gasteiger charge is -2.17. The third-order valence-electron chi connectivity index (χ3n) is 4.42. The molecule has 0 saturated heterocycles. The molecule has 0 unspecified atom stereocenters. The minimum atomic E-state index is -0.552. The fourth-order valence-electron chi connectivity index (χ4n) is 2.71. The first-order valence-corrected chi connectivity index (χ1v) is 9.18. The van der Waals surface area contributed by atoms with Gasteiger partial charge in [-0.2, -0.15) is 0 Å². The van der Waals surface area contributed by atoms with Gasteiger partial charge in [0, 0.05) is 12.7 Å². The van der Waals surface area contributed by atoms with Crippen molar-refractivity contribution in [2.24, 2.45) is 0 Å². The van der Waals surface area contributed by atoms with E-state index < -0.39 is 18.5 Å². The number of nitrogens with zero attached hydrogens (tertiary/aromatic N) is 1. The Morgan fingerprint density at radius 1 is 1.07 bits per heavy atom. The smallest absolute Gasteiger partial charge is 0.338 e. The molecule has 0 atom stereocenters. The Morgan fingerprint density at radius 3 is 2.50 bits per heavy atom. The van der Waals surface area contributed by atoms with E-state index in [9.17, 15) is 14.4 Å². The Kier molecular flexibility index (Phi) is 7.32. The average molecular weight is 382 g/mol. The standard InChI is InChI=1S/C22H26N2O4/c1-5-17-8-6-7-9-19(17)23-20(25)13-24(4)21(26)14-28-22(27)18-12-15(2)10-11-16(18)3/h6-12H,5,13-14H2,1-4H3,(H,23,25). The Balaban J connectivity index is 1.87. The van der Waals surface area contributed by atoms with Crippen molar-refractivity contribution in [3.63, 3.8) is 0 Å². The highest BCUT2D eigenvalue weighted by molar-refractivity contribution is 5.96. The van der Waals surface area contributed by atoms with Gasteiger partial charge >= 0.3 is 5.97 Å². The van der Waals surface area contributed by atoms with Crippen LogP contribution in [0.3, 0.4) is 0 Å². The number of benzene rings is 2. The average Bonchev–Trinajstić information content (AvgIpc) is 2.67. The zero-order valence-electron chi connectivity index (χ0n) is 16.7. The van der Waals surface area contributed by atoms with E-state index in [0.29, 0.717) is 5.56 Å². The molecule has 0 spiro atoms. The molecule has 148 valence electrons. The van der Waals surface area contributed by atoms with Gasteiger partial charge < -0.3 is 15.0 Å². The summed E-state index contributed by atoms with van der Waals surface area (Å²) in [6.45, 7) is 5.15. The second-order valence-corrected chi connectivity index (χ2v) is 6.70. The maximum Gasteiger partial charge on any atom is 0.338 e. The summed E-state index contributed by atoms with van der Waals surface area (Å²) < 4.78 is 5.12. The van der Waals surface area contributed by atoms with Crippen molar-refractivity contribution in [1.29, 1.82) is 0 Å². The van der Waals surface area contributed by atoms with Crippen LogP contribution >= 0.6 is 0 Å². The molecule has 6 heteroatoms. The van der Waals surface area contributed by atoms with Crippen molar-refractivity contribution in [2.45, 2.75) is 27.2 Å². The van der Waals surface area contributed by atoms with Crippen LogP contribution in [-0.2, 0) is 20.7 Å². The summed E-state index contributed by atoms with van der Waals surface area (Å²) in [5.74, 6) is -1.31. The van der Waals surface area contributed by atoms with Gasteiger partial charge in [0.05, 0.1) is 12.1 Å². The normalized spacial score (nSPS) is 10.3. The number of rotatable bonds is 7. The number of esters is 1. The highest BCUT2D eigenvalue weighted by Gasteiger charge is 2.17. The number of nitrogens with one attached hydrogen (secondary N) is 1. The summed E-state index contributed by atoms with van der Waals surface area (Å²) in [5.41, 5.74) is 3.91. The van der Waals surface area contributed by atoms with Crippen molar-refractivity contribution >= 4 is 23.5 Å². The van der Waals surface area contributed by atoms with Crippen LogP contribution in [0, 0.1) is 13.8 Å². The largest absolute Gasteiger partial charge is 0.452 e. The summed E-state index contributed by atoms with van der Waals surface area (Å²) >= 11 is 0. The molecule has 0 heterocycles. The van der Waals surface area contributed by atoms with Crippen LogP contribution in [-0.4, -0.2) is 42.9 Å². The lowest BCUT2D eigenvalue weighted by Crippen LogP contribution is -2.37. The summed E-state index contributed by atoms with van der Waals surface area (Å²) in [4.78, 5) is 37.9. The quantitative estimate of drug-likeness (QED) is 0.747. The van der Waals surface area contributed by atoms with E-state index in [-0.39, 0.29) is 12.5 Å². The van der Waals surface area contributed by atoms with E-state index >= 15 is 0 Å². The van der Waals surface area contributed by atoms with Gasteiger partial charge in [-0.05, 0) is 43.5 Å². The number of anilines is 1. The lowest BCUT2D eigenvalue weighted by molar-refractivity contribution is -0.136. The number of para-hydroxylation sites is 1. The number of carbonyl (C=O) groups is 3. The lowest BCUT2D eigenvalue weighted by atomic mass is 10.1. The molecule has 0 radical (unpaired) electrons. The molecule has 0 bridgehead atoms. The summed E-state index contributed by atoms with van der Waals surface area (Å²) in [5, 5.41) is 2.81. The predicted molar refractivity (Wildman–Crippen MR) is 108 cm³/mol. The molecule has 1 N–H and O–H groups in total. The Bertz CT molecular complexity index is 877. The van der Waals surface area contributed by atoms with E-state index in [0.717, 1.165) is 28.8 Å². The van der Waals surface area contributed by atoms with Crippen molar-refractivity contribution < 1.29 is 19.1 Å². The second-order valence-electron chi connectivity index (χ2n) is 6.70.